The van der Waals surface area contributed by atoms with E-state index in [4.69, 9.17) is 0 Å². The van der Waals surface area contributed by atoms with Gasteiger partial charge in [-0.05, 0) is 36.4 Å². The fraction of sp³-hybridized carbons (Fsp3) is 0.0500. The molecule has 2 aromatic heterocycles. The van der Waals surface area contributed by atoms with E-state index < -0.39 is 0 Å². The third-order valence-electron chi connectivity index (χ3n) is 4.14. The number of benzene rings is 2. The fourth-order valence-corrected chi connectivity index (χ4v) is 3.03. The zero-order valence-electron chi connectivity index (χ0n) is 13.3. The predicted molar refractivity (Wildman–Crippen MR) is 98.6 cm³/mol. The number of nitrogens with zero attached hydrogens (tertiary/aromatic N) is 2. The lowest BCUT2D eigenvalue weighted by atomic mass is 10.1. The summed E-state index contributed by atoms with van der Waals surface area (Å²) in [7, 11) is 0. The van der Waals surface area contributed by atoms with Crippen LogP contribution in [0.25, 0.3) is 21.8 Å². The molecule has 5 heteroatoms. The van der Waals surface area contributed by atoms with Crippen LogP contribution in [0, 0.1) is 0 Å². The number of hydrogen-bond donors (Lipinski definition) is 1. The van der Waals surface area contributed by atoms with Crippen LogP contribution < -0.4 is 10.7 Å². The highest BCUT2D eigenvalue weighted by atomic mass is 16.2. The summed E-state index contributed by atoms with van der Waals surface area (Å²) < 4.78 is 1.88. The van der Waals surface area contributed by atoms with Crippen molar-refractivity contribution in [3.8, 4) is 0 Å². The molecule has 0 bridgehead atoms. The number of hydrogen-bond acceptors (Lipinski definition) is 3. The molecule has 0 aliphatic heterocycles. The van der Waals surface area contributed by atoms with E-state index in [1.807, 2.05) is 41.0 Å². The fourth-order valence-electron chi connectivity index (χ4n) is 3.03. The van der Waals surface area contributed by atoms with Crippen LogP contribution in [0.4, 0.5) is 5.69 Å². The van der Waals surface area contributed by atoms with Crippen molar-refractivity contribution in [2.45, 2.75) is 6.54 Å². The molecule has 0 spiro atoms. The number of carbonyl (C=O) groups is 1. The molecule has 5 nitrogen and oxygen atoms in total. The van der Waals surface area contributed by atoms with E-state index >= 15 is 0 Å². The van der Waals surface area contributed by atoms with Gasteiger partial charge in [-0.3, -0.25) is 14.6 Å². The largest absolute Gasteiger partial charge is 0.331 e. The topological polar surface area (TPSA) is 64.0 Å². The number of rotatable bonds is 3. The Morgan fingerprint density at radius 3 is 2.04 bits per heavy atom. The Morgan fingerprint density at radius 2 is 1.44 bits per heavy atom. The maximum Gasteiger partial charge on any atom is 0.244 e. The monoisotopic (exact) mass is 329 g/mol. The summed E-state index contributed by atoms with van der Waals surface area (Å²) in [6.45, 7) is 0.115. The summed E-state index contributed by atoms with van der Waals surface area (Å²) >= 11 is 0. The standard InChI is InChI=1S/C20H15N3O2/c24-19(22-14-9-11-21-12-10-14)13-23-17-7-3-1-5-15(17)20(25)16-6-2-4-8-18(16)23/h1-12H,13H2,(H,21,22,24). The van der Waals surface area contributed by atoms with E-state index in [0.29, 0.717) is 16.5 Å². The molecule has 1 amide bonds. The third kappa shape index (κ3) is 2.76. The predicted octanol–water partition coefficient (Wildman–Crippen LogP) is 3.19. The van der Waals surface area contributed by atoms with Crippen molar-refractivity contribution >= 4 is 33.4 Å². The van der Waals surface area contributed by atoms with Crippen molar-refractivity contribution in [2.24, 2.45) is 0 Å². The van der Waals surface area contributed by atoms with E-state index in [0.717, 1.165) is 11.0 Å². The lowest BCUT2D eigenvalue weighted by molar-refractivity contribution is -0.116. The van der Waals surface area contributed by atoms with E-state index in [1.54, 1.807) is 36.7 Å². The first kappa shape index (κ1) is 15.1. The maximum atomic E-state index is 12.7. The zero-order valence-corrected chi connectivity index (χ0v) is 13.3. The second-order valence-corrected chi connectivity index (χ2v) is 5.73. The number of aromatic nitrogens is 2. The Bertz CT molecular complexity index is 1070. The van der Waals surface area contributed by atoms with Gasteiger partial charge in [0, 0.05) is 28.9 Å². The van der Waals surface area contributed by atoms with Crippen LogP contribution in [-0.2, 0) is 11.3 Å². The van der Waals surface area contributed by atoms with Crippen LogP contribution in [0.15, 0.2) is 77.9 Å². The number of para-hydroxylation sites is 2. The summed E-state index contributed by atoms with van der Waals surface area (Å²) in [5.41, 5.74) is 2.17. The first-order chi connectivity index (χ1) is 12.2. The average molecular weight is 329 g/mol. The molecule has 0 aliphatic carbocycles. The molecule has 4 aromatic rings. The van der Waals surface area contributed by atoms with Crippen LogP contribution in [0.5, 0.6) is 0 Å². The molecule has 25 heavy (non-hydrogen) atoms. The number of anilines is 1. The molecule has 4 rings (SSSR count). The van der Waals surface area contributed by atoms with Gasteiger partial charge in [0.25, 0.3) is 0 Å². The highest BCUT2D eigenvalue weighted by Gasteiger charge is 2.12. The van der Waals surface area contributed by atoms with Gasteiger partial charge < -0.3 is 9.88 Å². The quantitative estimate of drug-likeness (QED) is 0.587. The van der Waals surface area contributed by atoms with Crippen molar-refractivity contribution in [2.75, 3.05) is 5.32 Å². The Labute approximate surface area is 143 Å². The third-order valence-corrected chi connectivity index (χ3v) is 4.14. The normalized spacial score (nSPS) is 10.9. The van der Waals surface area contributed by atoms with Gasteiger partial charge in [-0.25, -0.2) is 0 Å². The molecule has 122 valence electrons. The minimum absolute atomic E-state index is 0.0167. The Balaban J connectivity index is 1.83. The number of pyridine rings is 2. The van der Waals surface area contributed by atoms with Gasteiger partial charge in [0.2, 0.25) is 5.91 Å². The van der Waals surface area contributed by atoms with E-state index in [-0.39, 0.29) is 17.9 Å². The summed E-state index contributed by atoms with van der Waals surface area (Å²) in [6.07, 6.45) is 3.25. The Morgan fingerprint density at radius 1 is 0.880 bits per heavy atom. The van der Waals surface area contributed by atoms with Gasteiger partial charge in [-0.1, -0.05) is 24.3 Å². The SMILES string of the molecule is O=C(Cn1c2ccccc2c(=O)c2ccccc21)Nc1ccncc1. The van der Waals surface area contributed by atoms with E-state index in [9.17, 15) is 9.59 Å². The molecular formula is C20H15N3O2. The Kier molecular flexibility index (Phi) is 3.74. The lowest BCUT2D eigenvalue weighted by Crippen LogP contribution is -2.21. The van der Waals surface area contributed by atoms with Crippen molar-refractivity contribution in [1.82, 2.24) is 9.55 Å². The molecule has 0 radical (unpaired) electrons. The number of nitrogens with one attached hydrogen (secondary N) is 1. The number of fused-ring (bicyclic) bond motifs is 2. The minimum Gasteiger partial charge on any atom is -0.331 e. The minimum atomic E-state index is -0.162. The number of carbonyl (C=O) groups excluding carboxylic acids is 1. The molecule has 0 unspecified atom stereocenters. The summed E-state index contributed by atoms with van der Waals surface area (Å²) in [6, 6.07) is 18.2. The van der Waals surface area contributed by atoms with Crippen LogP contribution in [0.2, 0.25) is 0 Å². The average Bonchev–Trinajstić information content (AvgIpc) is 2.66. The zero-order chi connectivity index (χ0) is 17.2. The molecule has 0 atom stereocenters. The Hall–Kier alpha value is -3.47. The molecular weight excluding hydrogens is 314 g/mol. The second kappa shape index (κ2) is 6.20. The van der Waals surface area contributed by atoms with Gasteiger partial charge in [-0.2, -0.15) is 0 Å². The van der Waals surface area contributed by atoms with Crippen molar-refractivity contribution in [3.05, 3.63) is 83.3 Å². The molecule has 2 aromatic carbocycles. The van der Waals surface area contributed by atoms with Crippen LogP contribution in [0.1, 0.15) is 0 Å². The molecule has 1 N–H and O–H groups in total. The molecule has 0 saturated heterocycles. The van der Waals surface area contributed by atoms with Crippen LogP contribution in [-0.4, -0.2) is 15.5 Å². The van der Waals surface area contributed by atoms with Gasteiger partial charge in [0.05, 0.1) is 11.0 Å². The van der Waals surface area contributed by atoms with Crippen LogP contribution >= 0.6 is 0 Å². The van der Waals surface area contributed by atoms with E-state index in [2.05, 4.69) is 10.3 Å². The first-order valence-corrected chi connectivity index (χ1v) is 7.94. The van der Waals surface area contributed by atoms with Gasteiger partial charge in [-0.15, -0.1) is 0 Å². The van der Waals surface area contributed by atoms with Gasteiger partial charge >= 0.3 is 0 Å². The van der Waals surface area contributed by atoms with Crippen molar-refractivity contribution in [3.63, 3.8) is 0 Å². The molecule has 0 fully saturated rings. The van der Waals surface area contributed by atoms with Gasteiger partial charge in [0.1, 0.15) is 6.54 Å². The van der Waals surface area contributed by atoms with Crippen molar-refractivity contribution in [1.29, 1.82) is 0 Å². The van der Waals surface area contributed by atoms with Crippen LogP contribution in [0.3, 0.4) is 0 Å². The van der Waals surface area contributed by atoms with E-state index in [1.165, 1.54) is 0 Å². The smallest absolute Gasteiger partial charge is 0.244 e. The summed E-state index contributed by atoms with van der Waals surface area (Å²) in [5.74, 6) is -0.162. The van der Waals surface area contributed by atoms with Crippen molar-refractivity contribution < 1.29 is 4.79 Å². The summed E-state index contributed by atoms with van der Waals surface area (Å²) in [4.78, 5) is 29.2. The summed E-state index contributed by atoms with van der Waals surface area (Å²) in [5, 5.41) is 4.07. The first-order valence-electron chi connectivity index (χ1n) is 7.94. The number of amides is 1. The highest BCUT2D eigenvalue weighted by Crippen LogP contribution is 2.19. The van der Waals surface area contributed by atoms with Gasteiger partial charge in [0.15, 0.2) is 5.43 Å². The molecule has 0 aliphatic rings. The maximum absolute atomic E-state index is 12.7. The molecule has 0 saturated carbocycles. The second-order valence-electron chi connectivity index (χ2n) is 5.73. The molecule has 2 heterocycles. The lowest BCUT2D eigenvalue weighted by Gasteiger charge is -2.15. The highest BCUT2D eigenvalue weighted by molar-refractivity contribution is 5.97.